The monoisotopic (exact) mass is 406 g/mol. The van der Waals surface area contributed by atoms with Gasteiger partial charge in [-0.1, -0.05) is 25.0 Å². The highest BCUT2D eigenvalue weighted by atomic mass is 16.7. The van der Waals surface area contributed by atoms with E-state index < -0.39 is 5.91 Å². The predicted octanol–water partition coefficient (Wildman–Crippen LogP) is 4.93. The van der Waals surface area contributed by atoms with Crippen LogP contribution in [0.3, 0.4) is 0 Å². The average Bonchev–Trinajstić information content (AvgIpc) is 3.48. The number of carbonyl (C=O) groups excluding carboxylic acids is 2. The van der Waals surface area contributed by atoms with Crippen molar-refractivity contribution in [2.24, 2.45) is 5.92 Å². The van der Waals surface area contributed by atoms with Crippen molar-refractivity contribution >= 4 is 34.2 Å². The minimum absolute atomic E-state index is 0.0774. The van der Waals surface area contributed by atoms with Crippen LogP contribution >= 0.6 is 0 Å². The van der Waals surface area contributed by atoms with Gasteiger partial charge in [0.25, 0.3) is 5.91 Å². The molecule has 0 unspecified atom stereocenters. The Morgan fingerprint density at radius 3 is 2.63 bits per heavy atom. The zero-order chi connectivity index (χ0) is 20.5. The van der Waals surface area contributed by atoms with Gasteiger partial charge in [0.2, 0.25) is 18.5 Å². The van der Waals surface area contributed by atoms with E-state index in [2.05, 4.69) is 10.6 Å². The van der Waals surface area contributed by atoms with Crippen LogP contribution < -0.4 is 20.1 Å². The number of furan rings is 1. The van der Waals surface area contributed by atoms with Crippen molar-refractivity contribution in [1.29, 1.82) is 0 Å². The number of ether oxygens (including phenoxy) is 2. The zero-order valence-electron chi connectivity index (χ0n) is 16.4. The Morgan fingerprint density at radius 1 is 0.967 bits per heavy atom. The Hall–Kier alpha value is -3.48. The molecule has 0 bridgehead atoms. The number of amides is 2. The summed E-state index contributed by atoms with van der Waals surface area (Å²) in [4.78, 5) is 25.7. The number of anilines is 2. The summed E-state index contributed by atoms with van der Waals surface area (Å²) in [6.07, 6.45) is 4.97. The number of hydrogen-bond donors (Lipinski definition) is 2. The van der Waals surface area contributed by atoms with Crippen molar-refractivity contribution in [1.82, 2.24) is 0 Å². The van der Waals surface area contributed by atoms with E-state index >= 15 is 0 Å². The number of nitrogens with one attached hydrogen (secondary N) is 2. The molecule has 0 atom stereocenters. The number of rotatable bonds is 5. The summed E-state index contributed by atoms with van der Waals surface area (Å²) in [7, 11) is 0. The minimum Gasteiger partial charge on any atom is -0.454 e. The van der Waals surface area contributed by atoms with Gasteiger partial charge in [0.05, 0.1) is 0 Å². The summed E-state index contributed by atoms with van der Waals surface area (Å²) < 4.78 is 16.5. The first-order chi connectivity index (χ1) is 14.7. The molecule has 7 heteroatoms. The van der Waals surface area contributed by atoms with Gasteiger partial charge < -0.3 is 24.5 Å². The predicted molar refractivity (Wildman–Crippen MR) is 112 cm³/mol. The molecule has 30 heavy (non-hydrogen) atoms. The molecule has 1 aromatic heterocycles. The molecule has 7 nitrogen and oxygen atoms in total. The second-order valence-electron chi connectivity index (χ2n) is 7.73. The number of benzene rings is 2. The maximum absolute atomic E-state index is 13.0. The van der Waals surface area contributed by atoms with E-state index in [9.17, 15) is 9.59 Å². The highest BCUT2D eigenvalue weighted by Crippen LogP contribution is 2.36. The lowest BCUT2D eigenvalue weighted by atomic mass is 10.0. The van der Waals surface area contributed by atoms with Crippen LogP contribution in [0.15, 0.2) is 46.9 Å². The van der Waals surface area contributed by atoms with Crippen LogP contribution in [-0.4, -0.2) is 18.6 Å². The lowest BCUT2D eigenvalue weighted by Gasteiger charge is -2.10. The third kappa shape index (κ3) is 3.58. The quantitative estimate of drug-likeness (QED) is 0.627. The molecule has 2 amide bonds. The second kappa shape index (κ2) is 7.74. The number of hydrogen-bond acceptors (Lipinski definition) is 5. The maximum atomic E-state index is 13.0. The molecule has 2 aliphatic rings. The van der Waals surface area contributed by atoms with Crippen molar-refractivity contribution in [3.8, 4) is 11.5 Å². The van der Waals surface area contributed by atoms with Crippen LogP contribution in [0.5, 0.6) is 11.5 Å². The van der Waals surface area contributed by atoms with Crippen LogP contribution in [0.2, 0.25) is 0 Å². The lowest BCUT2D eigenvalue weighted by Crippen LogP contribution is -2.18. The van der Waals surface area contributed by atoms with Crippen molar-refractivity contribution in [2.45, 2.75) is 32.1 Å². The van der Waals surface area contributed by atoms with Crippen LogP contribution in [0, 0.1) is 5.92 Å². The van der Waals surface area contributed by atoms with Crippen molar-refractivity contribution in [2.75, 3.05) is 17.4 Å². The van der Waals surface area contributed by atoms with E-state index in [4.69, 9.17) is 13.9 Å². The average molecular weight is 406 g/mol. The molecule has 154 valence electrons. The van der Waals surface area contributed by atoms with Crippen LogP contribution in [0.4, 0.5) is 11.4 Å². The Balaban J connectivity index is 1.40. The fraction of sp³-hybridized carbons (Fsp3) is 0.304. The molecule has 1 saturated carbocycles. The molecule has 5 rings (SSSR count). The number of fused-ring (bicyclic) bond motifs is 2. The Morgan fingerprint density at radius 2 is 1.77 bits per heavy atom. The van der Waals surface area contributed by atoms with E-state index in [0.717, 1.165) is 12.8 Å². The van der Waals surface area contributed by atoms with Crippen molar-refractivity contribution in [3.05, 3.63) is 48.2 Å². The molecule has 0 spiro atoms. The lowest BCUT2D eigenvalue weighted by molar-refractivity contribution is -0.117. The van der Waals surface area contributed by atoms with E-state index in [1.54, 1.807) is 24.3 Å². The van der Waals surface area contributed by atoms with Gasteiger partial charge in [-0.2, -0.15) is 0 Å². The van der Waals surface area contributed by atoms with Crippen LogP contribution in [0.1, 0.15) is 42.7 Å². The number of para-hydroxylation sites is 1. The normalized spacial score (nSPS) is 15.5. The number of carbonyl (C=O) groups is 2. The summed E-state index contributed by atoms with van der Waals surface area (Å²) in [5.41, 5.74) is 1.50. The molecule has 2 N–H and O–H groups in total. The molecular formula is C23H22N2O5. The van der Waals surface area contributed by atoms with E-state index in [-0.39, 0.29) is 18.5 Å². The molecule has 1 aliphatic carbocycles. The zero-order valence-corrected chi connectivity index (χ0v) is 16.4. The van der Waals surface area contributed by atoms with Crippen LogP contribution in [-0.2, 0) is 4.79 Å². The molecule has 2 aromatic carbocycles. The van der Waals surface area contributed by atoms with Crippen LogP contribution in [0.25, 0.3) is 11.0 Å². The van der Waals surface area contributed by atoms with Gasteiger partial charge in [0.15, 0.2) is 11.5 Å². The molecule has 1 aliphatic heterocycles. The Kier molecular flexibility index (Phi) is 4.78. The minimum atomic E-state index is -0.443. The summed E-state index contributed by atoms with van der Waals surface area (Å²) in [6, 6.07) is 12.5. The second-order valence-corrected chi connectivity index (χ2v) is 7.73. The van der Waals surface area contributed by atoms with E-state index in [1.165, 1.54) is 12.8 Å². The fourth-order valence-electron chi connectivity index (χ4n) is 4.16. The van der Waals surface area contributed by atoms with Crippen molar-refractivity contribution < 1.29 is 23.5 Å². The summed E-state index contributed by atoms with van der Waals surface area (Å²) >= 11 is 0. The van der Waals surface area contributed by atoms with Gasteiger partial charge in [0, 0.05) is 23.6 Å². The van der Waals surface area contributed by atoms with Gasteiger partial charge in [-0.25, -0.2) is 0 Å². The first-order valence-electron chi connectivity index (χ1n) is 10.2. The molecule has 2 heterocycles. The Bertz CT molecular complexity index is 1110. The van der Waals surface area contributed by atoms with E-state index in [0.29, 0.717) is 46.2 Å². The molecule has 3 aromatic rings. The first-order valence-corrected chi connectivity index (χ1v) is 10.2. The highest BCUT2D eigenvalue weighted by Gasteiger charge is 2.25. The fourth-order valence-corrected chi connectivity index (χ4v) is 4.16. The Labute approximate surface area is 173 Å². The summed E-state index contributed by atoms with van der Waals surface area (Å²) in [5.74, 6) is 1.16. The standard InChI is InChI=1S/C23H22N2O5/c26-20(11-14-5-1-2-6-14)25-21-16-7-3-4-8-17(16)30-22(21)23(27)24-15-9-10-18-19(12-15)29-13-28-18/h3-4,7-10,12,14H,1-2,5-6,11,13H2,(H,24,27)(H,25,26). The summed E-state index contributed by atoms with van der Waals surface area (Å²) in [6.45, 7) is 0.160. The molecule has 0 radical (unpaired) electrons. The van der Waals surface area contributed by atoms with E-state index in [1.807, 2.05) is 18.2 Å². The van der Waals surface area contributed by atoms with Gasteiger partial charge in [-0.3, -0.25) is 9.59 Å². The van der Waals surface area contributed by atoms with Crippen molar-refractivity contribution in [3.63, 3.8) is 0 Å². The molecular weight excluding hydrogens is 384 g/mol. The SMILES string of the molecule is O=C(CC1CCCC1)Nc1c(C(=O)Nc2ccc3c(c2)OCO3)oc2ccccc12. The first kappa shape index (κ1) is 18.5. The maximum Gasteiger partial charge on any atom is 0.293 e. The smallest absolute Gasteiger partial charge is 0.293 e. The van der Waals surface area contributed by atoms with Gasteiger partial charge in [0.1, 0.15) is 11.3 Å². The highest BCUT2D eigenvalue weighted by molar-refractivity contribution is 6.14. The third-order valence-electron chi connectivity index (χ3n) is 5.65. The summed E-state index contributed by atoms with van der Waals surface area (Å²) in [5, 5.41) is 6.45. The van der Waals surface area contributed by atoms with Gasteiger partial charge >= 0.3 is 0 Å². The van der Waals surface area contributed by atoms with Gasteiger partial charge in [-0.05, 0) is 43.0 Å². The van der Waals surface area contributed by atoms with Gasteiger partial charge in [-0.15, -0.1) is 0 Å². The third-order valence-corrected chi connectivity index (χ3v) is 5.65. The largest absolute Gasteiger partial charge is 0.454 e. The molecule has 0 saturated heterocycles. The topological polar surface area (TPSA) is 89.8 Å². The molecule has 1 fully saturated rings.